The minimum absolute atomic E-state index is 0.0635. The molecule has 1 saturated heterocycles. The van der Waals surface area contributed by atoms with Gasteiger partial charge in [0.2, 0.25) is 27.9 Å². The van der Waals surface area contributed by atoms with Gasteiger partial charge in [0.1, 0.15) is 29.3 Å². The number of ether oxygens (including phenoxy) is 2. The Hall–Kier alpha value is -4.96. The van der Waals surface area contributed by atoms with Gasteiger partial charge in [0.25, 0.3) is 5.91 Å². The lowest BCUT2D eigenvalue weighted by molar-refractivity contribution is -0.143. The smallest absolute Gasteiger partial charge is 0.408 e. The number of hydrogen-bond donors (Lipinski definition) is 4. The van der Waals surface area contributed by atoms with E-state index in [9.17, 15) is 37.2 Å². The van der Waals surface area contributed by atoms with Crippen molar-refractivity contribution in [2.24, 2.45) is 16.3 Å². The van der Waals surface area contributed by atoms with Gasteiger partial charge in [-0.15, -0.1) is 6.58 Å². The number of isocyanates is 1. The summed E-state index contributed by atoms with van der Waals surface area (Å²) < 4.78 is 38.3. The van der Waals surface area contributed by atoms with E-state index < -0.39 is 85.8 Å². The molecule has 60 heavy (non-hydrogen) atoms. The maximum atomic E-state index is 14.2. The highest BCUT2D eigenvalue weighted by Gasteiger charge is 2.62. The quantitative estimate of drug-likeness (QED) is 0.115. The first-order valence-electron chi connectivity index (χ1n) is 19.3. The fraction of sp³-hybridized carbons (Fsp3) is 0.512. The zero-order valence-corrected chi connectivity index (χ0v) is 36.7. The van der Waals surface area contributed by atoms with Crippen LogP contribution in [0.25, 0.3) is 0 Å². The molecule has 16 nitrogen and oxygen atoms in total. The van der Waals surface area contributed by atoms with Crippen molar-refractivity contribution in [2.75, 3.05) is 6.54 Å². The normalized spacial score (nSPS) is 21.4. The molecule has 1 heterocycles. The third kappa shape index (κ3) is 13.0. The molecule has 4 N–H and O–H groups in total. The van der Waals surface area contributed by atoms with E-state index in [-0.39, 0.29) is 25.9 Å². The molecule has 0 spiro atoms. The first kappa shape index (κ1) is 47.7. The number of nitrogens with zero attached hydrogens (tertiary/aromatic N) is 2. The Morgan fingerprint density at radius 1 is 0.983 bits per heavy atom. The molecule has 2 aliphatic carbocycles. The average Bonchev–Trinajstić information content (AvgIpc) is 4.09. The molecule has 1 unspecified atom stereocenters. The summed E-state index contributed by atoms with van der Waals surface area (Å²) in [5.74, 6) is -2.86. The molecule has 2 aromatic carbocycles. The van der Waals surface area contributed by atoms with Crippen molar-refractivity contribution in [1.29, 1.82) is 0 Å². The first-order chi connectivity index (χ1) is 28.0. The summed E-state index contributed by atoms with van der Waals surface area (Å²) in [6.45, 7) is 14.1. The van der Waals surface area contributed by atoms with Crippen LogP contribution >= 0.6 is 23.2 Å². The van der Waals surface area contributed by atoms with Crippen molar-refractivity contribution in [1.82, 2.24) is 25.6 Å². The van der Waals surface area contributed by atoms with E-state index in [0.29, 0.717) is 35.0 Å². The second kappa shape index (κ2) is 19.6. The fourth-order valence-corrected chi connectivity index (χ4v) is 8.14. The third-order valence-electron chi connectivity index (χ3n) is 9.80. The first-order valence-corrected chi connectivity index (χ1v) is 21.6. The highest BCUT2D eigenvalue weighted by molar-refractivity contribution is 7.91. The SMILES string of the molecule is C=CC1C[C@]1(NC(=O)[C@@H]1C[C@@H](OC(=O)NCc2ccccc2Cl)CN1C(=O)[C@@H](NC(=O)OC(C)(C)C)C(C)(C)C)C(=O)NS(=O)(=O)C1CC1.O=C=NCc1ccccc1Cl. The maximum Gasteiger partial charge on any atom is 0.408 e. The number of likely N-dealkylation sites (tertiary alicyclic amines) is 1. The fourth-order valence-electron chi connectivity index (χ4n) is 6.38. The highest BCUT2D eigenvalue weighted by Crippen LogP contribution is 2.45. The van der Waals surface area contributed by atoms with E-state index in [0.717, 1.165) is 5.56 Å². The molecule has 3 aliphatic rings. The van der Waals surface area contributed by atoms with E-state index >= 15 is 0 Å². The standard InChI is InChI=1S/C33H46ClN5O9S.C8H6ClNO/c1-8-20-16-33(20,28(42)38-49(45,46)22-13-14-22)37-26(40)24-15-21(47-29(43)35-17-19-11-9-10-12-23(19)34)18-39(24)27(41)25(31(2,3)4)36-30(44)48-32(5,6)7;9-8-4-2-1-3-7(8)5-10-6-11/h8-12,20-22,24-25H,1,13-18H2,2-7H3,(H,35,43)(H,36,44)(H,37,40)(H,38,42);1-4H,5H2/t20?,21-,24+,25-,33-;/m1./s1. The van der Waals surface area contributed by atoms with Gasteiger partial charge >= 0.3 is 12.2 Å². The van der Waals surface area contributed by atoms with Gasteiger partial charge in [0.05, 0.1) is 18.3 Å². The number of hydrogen-bond acceptors (Lipinski definition) is 11. The topological polar surface area (TPSA) is 219 Å². The number of halogens is 2. The molecule has 326 valence electrons. The molecule has 3 fully saturated rings. The number of rotatable bonds is 13. The van der Waals surface area contributed by atoms with Gasteiger partial charge in [-0.2, -0.15) is 0 Å². The molecule has 2 saturated carbocycles. The van der Waals surface area contributed by atoms with Crippen molar-refractivity contribution < 1.29 is 46.7 Å². The number of nitrogens with one attached hydrogen (secondary N) is 4. The summed E-state index contributed by atoms with van der Waals surface area (Å²) in [7, 11) is -3.92. The van der Waals surface area contributed by atoms with Crippen molar-refractivity contribution in [3.05, 3.63) is 82.4 Å². The molecule has 5 atom stereocenters. The van der Waals surface area contributed by atoms with Crippen LogP contribution in [0.4, 0.5) is 9.59 Å². The Kier molecular flexibility index (Phi) is 15.6. The van der Waals surface area contributed by atoms with Crippen molar-refractivity contribution >= 4 is 69.2 Å². The van der Waals surface area contributed by atoms with Crippen LogP contribution < -0.4 is 20.7 Å². The van der Waals surface area contributed by atoms with Crippen LogP contribution in [0.3, 0.4) is 0 Å². The lowest BCUT2D eigenvalue weighted by atomic mass is 9.85. The summed E-state index contributed by atoms with van der Waals surface area (Å²) >= 11 is 12.0. The lowest BCUT2D eigenvalue weighted by Crippen LogP contribution is -2.60. The highest BCUT2D eigenvalue weighted by atomic mass is 35.5. The second-order valence-corrected chi connectivity index (χ2v) is 19.6. The van der Waals surface area contributed by atoms with Crippen molar-refractivity contribution in [2.45, 2.75) is 115 Å². The van der Waals surface area contributed by atoms with Crippen LogP contribution in [0.2, 0.25) is 10.0 Å². The molecule has 2 aromatic rings. The minimum atomic E-state index is -3.92. The summed E-state index contributed by atoms with van der Waals surface area (Å²) in [4.78, 5) is 81.6. The number of carbonyl (C=O) groups is 5. The lowest BCUT2D eigenvalue weighted by Gasteiger charge is -2.36. The van der Waals surface area contributed by atoms with Crippen LogP contribution in [-0.2, 0) is 51.8 Å². The van der Waals surface area contributed by atoms with Crippen LogP contribution in [0.15, 0.2) is 66.2 Å². The molecular weight excluding hydrogens is 839 g/mol. The summed E-state index contributed by atoms with van der Waals surface area (Å²) in [6, 6.07) is 11.8. The zero-order valence-electron chi connectivity index (χ0n) is 34.4. The van der Waals surface area contributed by atoms with E-state index in [4.69, 9.17) is 32.7 Å². The molecule has 1 aliphatic heterocycles. The predicted octanol–water partition coefficient (Wildman–Crippen LogP) is 5.32. The molecule has 5 rings (SSSR count). The summed E-state index contributed by atoms with van der Waals surface area (Å²) in [6.07, 6.45) is 1.14. The van der Waals surface area contributed by atoms with E-state index in [1.54, 1.807) is 71.9 Å². The van der Waals surface area contributed by atoms with Gasteiger partial charge in [-0.05, 0) is 68.7 Å². The molecule has 5 amide bonds. The zero-order chi connectivity index (χ0) is 44.6. The van der Waals surface area contributed by atoms with Gasteiger partial charge in [0, 0.05) is 28.9 Å². The molecular formula is C41H52Cl2N6O10S. The number of sulfonamides is 1. The number of aliphatic imine (C=N–C) groups is 1. The molecule has 0 bridgehead atoms. The minimum Gasteiger partial charge on any atom is -0.444 e. The van der Waals surface area contributed by atoms with Crippen molar-refractivity contribution in [3.8, 4) is 0 Å². The molecule has 0 radical (unpaired) electrons. The Morgan fingerprint density at radius 2 is 1.58 bits per heavy atom. The van der Waals surface area contributed by atoms with Crippen LogP contribution in [-0.4, -0.2) is 90.4 Å². The largest absolute Gasteiger partial charge is 0.444 e. The number of carbonyl (C=O) groups excluding carboxylic acids is 6. The van der Waals surface area contributed by atoms with Crippen molar-refractivity contribution in [3.63, 3.8) is 0 Å². The molecule has 19 heteroatoms. The van der Waals surface area contributed by atoms with Gasteiger partial charge in [0.15, 0.2) is 0 Å². The number of alkyl carbamates (subject to hydrolysis) is 2. The van der Waals surface area contributed by atoms with Gasteiger partial charge < -0.3 is 30.3 Å². The summed E-state index contributed by atoms with van der Waals surface area (Å²) in [5.41, 5.74) is -1.81. The Morgan fingerprint density at radius 3 is 2.10 bits per heavy atom. The van der Waals surface area contributed by atoms with E-state index in [1.807, 2.05) is 18.2 Å². The average molecular weight is 892 g/mol. The maximum absolute atomic E-state index is 14.2. The number of amides is 5. The van der Waals surface area contributed by atoms with Gasteiger partial charge in [-0.25, -0.2) is 27.8 Å². The second-order valence-electron chi connectivity index (χ2n) is 16.8. The molecule has 0 aromatic heterocycles. The number of benzene rings is 2. The predicted molar refractivity (Wildman–Crippen MR) is 224 cm³/mol. The Bertz CT molecular complexity index is 2110. The van der Waals surface area contributed by atoms with E-state index in [1.165, 1.54) is 17.1 Å². The monoisotopic (exact) mass is 890 g/mol. The van der Waals surface area contributed by atoms with Gasteiger partial charge in [-0.1, -0.05) is 86.4 Å². The van der Waals surface area contributed by atoms with E-state index in [2.05, 4.69) is 32.2 Å². The summed E-state index contributed by atoms with van der Waals surface area (Å²) in [5, 5.41) is 8.35. The Balaban J connectivity index is 0.000000624. The third-order valence-corrected chi connectivity index (χ3v) is 12.4. The van der Waals surface area contributed by atoms with Crippen LogP contribution in [0.5, 0.6) is 0 Å². The van der Waals surface area contributed by atoms with Crippen LogP contribution in [0, 0.1) is 11.3 Å². The van der Waals surface area contributed by atoms with Gasteiger partial charge in [-0.3, -0.25) is 19.1 Å². The van der Waals surface area contributed by atoms with Crippen LogP contribution in [0.1, 0.15) is 78.4 Å². The Labute approximate surface area is 360 Å².